The van der Waals surface area contributed by atoms with Crippen LogP contribution in [0.25, 0.3) is 22.3 Å². The molecule has 0 bridgehead atoms. The molecule has 1 aliphatic rings. The first-order valence-electron chi connectivity index (χ1n) is 11.8. The second-order valence-corrected chi connectivity index (χ2v) is 9.02. The fourth-order valence-electron chi connectivity index (χ4n) is 4.54. The first-order chi connectivity index (χ1) is 16.7. The highest BCUT2D eigenvalue weighted by atomic mass is 19.3. The molecule has 0 amide bonds. The van der Waals surface area contributed by atoms with E-state index in [1.807, 2.05) is 26.0 Å². The fraction of sp³-hybridized carbons (Fsp3) is 0.444. The lowest BCUT2D eigenvalue weighted by atomic mass is 10.0. The van der Waals surface area contributed by atoms with E-state index >= 15 is 0 Å². The maximum atomic E-state index is 13.3. The molecule has 35 heavy (non-hydrogen) atoms. The second-order valence-electron chi connectivity index (χ2n) is 9.02. The topological polar surface area (TPSA) is 61.1 Å². The Kier molecular flexibility index (Phi) is 7.31. The van der Waals surface area contributed by atoms with Crippen molar-refractivity contribution in [2.45, 2.75) is 39.0 Å². The lowest BCUT2D eigenvalue weighted by Crippen LogP contribution is -2.40. The number of ether oxygens (including phenoxy) is 3. The summed E-state index contributed by atoms with van der Waals surface area (Å²) in [5.41, 5.74) is 2.79. The van der Waals surface area contributed by atoms with Crippen molar-refractivity contribution in [3.8, 4) is 28.6 Å². The van der Waals surface area contributed by atoms with E-state index in [1.165, 1.54) is 13.2 Å². The number of methoxy groups -OCH3 is 2. The van der Waals surface area contributed by atoms with Crippen LogP contribution < -0.4 is 19.6 Å². The normalized spacial score (nSPS) is 15.8. The van der Waals surface area contributed by atoms with Gasteiger partial charge in [0.2, 0.25) is 0 Å². The Bertz CT molecular complexity index is 1240. The molecule has 1 aromatic heterocycles. The Labute approximate surface area is 203 Å². The molecule has 1 saturated heterocycles. The van der Waals surface area contributed by atoms with E-state index in [4.69, 9.17) is 18.6 Å². The van der Waals surface area contributed by atoms with Crippen molar-refractivity contribution in [2.24, 2.45) is 0 Å². The molecule has 1 fully saturated rings. The summed E-state index contributed by atoms with van der Waals surface area (Å²) in [6, 6.07) is 8.64. The van der Waals surface area contributed by atoms with Crippen molar-refractivity contribution in [3.05, 3.63) is 51.7 Å². The molecule has 6 nitrogen and oxygen atoms in total. The predicted molar refractivity (Wildman–Crippen MR) is 131 cm³/mol. The Morgan fingerprint density at radius 2 is 1.69 bits per heavy atom. The lowest BCUT2D eigenvalue weighted by Gasteiger charge is -2.31. The van der Waals surface area contributed by atoms with E-state index in [0.717, 1.165) is 35.4 Å². The molecule has 0 N–H and O–H groups in total. The van der Waals surface area contributed by atoms with Crippen molar-refractivity contribution < 1.29 is 27.4 Å². The van der Waals surface area contributed by atoms with E-state index in [2.05, 4.69) is 4.90 Å². The van der Waals surface area contributed by atoms with Crippen LogP contribution in [0.5, 0.6) is 17.2 Å². The van der Waals surface area contributed by atoms with Gasteiger partial charge in [0.15, 0.2) is 5.43 Å². The van der Waals surface area contributed by atoms with Gasteiger partial charge in [-0.2, -0.15) is 0 Å². The van der Waals surface area contributed by atoms with Gasteiger partial charge in [-0.25, -0.2) is 8.78 Å². The van der Waals surface area contributed by atoms with Gasteiger partial charge in [-0.3, -0.25) is 4.79 Å². The number of hydrogen-bond donors (Lipinski definition) is 0. The van der Waals surface area contributed by atoms with Gasteiger partial charge in [-0.15, -0.1) is 0 Å². The van der Waals surface area contributed by atoms with Gasteiger partial charge in [-0.1, -0.05) is 0 Å². The average Bonchev–Trinajstić information content (AvgIpc) is 2.82. The summed E-state index contributed by atoms with van der Waals surface area (Å²) in [5.74, 6) is -0.369. The molecule has 0 saturated carbocycles. The molecule has 3 aromatic rings. The Morgan fingerprint density at radius 1 is 1.00 bits per heavy atom. The number of hydrogen-bond acceptors (Lipinski definition) is 6. The lowest BCUT2D eigenvalue weighted by molar-refractivity contribution is -0.0554. The highest BCUT2D eigenvalue weighted by Gasteiger charge is 2.33. The van der Waals surface area contributed by atoms with E-state index in [1.54, 1.807) is 19.2 Å². The summed E-state index contributed by atoms with van der Waals surface area (Å²) in [5, 5.41) is 0.364. The quantitative estimate of drug-likeness (QED) is 0.386. The van der Waals surface area contributed by atoms with Crippen LogP contribution in [-0.4, -0.2) is 51.3 Å². The van der Waals surface area contributed by atoms with Crippen LogP contribution in [0, 0.1) is 13.8 Å². The standard InChI is InChI=1S/C27H31F2NO5/c1-17-12-19(22-16-21(31)25-23(33-4)14-20(32-3)15-24(25)35-22)13-18(2)26(17)34-11-5-8-30-9-6-27(28,29)7-10-30/h12-16H,5-11H2,1-4H3. The van der Waals surface area contributed by atoms with Gasteiger partial charge >= 0.3 is 0 Å². The van der Waals surface area contributed by atoms with Gasteiger partial charge in [0, 0.05) is 56.2 Å². The van der Waals surface area contributed by atoms with E-state index < -0.39 is 5.92 Å². The molecule has 2 heterocycles. The average molecular weight is 488 g/mol. The molecular formula is C27H31F2NO5. The van der Waals surface area contributed by atoms with E-state index in [9.17, 15) is 13.6 Å². The number of piperidine rings is 1. The van der Waals surface area contributed by atoms with Crippen molar-refractivity contribution in [2.75, 3.05) is 40.5 Å². The molecule has 1 aliphatic heterocycles. The van der Waals surface area contributed by atoms with Crippen LogP contribution in [0.4, 0.5) is 8.78 Å². The Morgan fingerprint density at radius 3 is 2.31 bits per heavy atom. The predicted octanol–water partition coefficient (Wildman–Crippen LogP) is 5.59. The third-order valence-corrected chi connectivity index (χ3v) is 6.42. The molecule has 0 atom stereocenters. The van der Waals surface area contributed by atoms with Gasteiger partial charge in [0.05, 0.1) is 20.8 Å². The van der Waals surface area contributed by atoms with Crippen LogP contribution in [0.3, 0.4) is 0 Å². The van der Waals surface area contributed by atoms with Gasteiger partial charge in [-0.05, 0) is 43.5 Å². The summed E-state index contributed by atoms with van der Waals surface area (Å²) in [4.78, 5) is 14.9. The Balaban J connectivity index is 1.49. The van der Waals surface area contributed by atoms with E-state index in [-0.39, 0.29) is 18.3 Å². The molecule has 4 rings (SSSR count). The number of rotatable bonds is 8. The van der Waals surface area contributed by atoms with Gasteiger partial charge in [0.1, 0.15) is 34.0 Å². The minimum absolute atomic E-state index is 0.0714. The summed E-state index contributed by atoms with van der Waals surface area (Å²) in [7, 11) is 3.04. The summed E-state index contributed by atoms with van der Waals surface area (Å²) >= 11 is 0. The largest absolute Gasteiger partial charge is 0.496 e. The van der Waals surface area contributed by atoms with Crippen LogP contribution in [-0.2, 0) is 0 Å². The van der Waals surface area contributed by atoms with Crippen LogP contribution in [0.2, 0.25) is 0 Å². The smallest absolute Gasteiger partial charge is 0.250 e. The summed E-state index contributed by atoms with van der Waals surface area (Å²) in [6.07, 6.45) is 0.616. The minimum atomic E-state index is -2.52. The van der Waals surface area contributed by atoms with Crippen LogP contribution in [0.1, 0.15) is 30.4 Å². The molecular weight excluding hydrogens is 456 g/mol. The molecule has 2 aromatic carbocycles. The highest BCUT2D eigenvalue weighted by molar-refractivity contribution is 5.86. The molecule has 0 spiro atoms. The molecule has 188 valence electrons. The zero-order valence-corrected chi connectivity index (χ0v) is 20.6. The zero-order valence-electron chi connectivity index (χ0n) is 20.6. The molecule has 0 unspecified atom stereocenters. The van der Waals surface area contributed by atoms with Crippen molar-refractivity contribution in [3.63, 3.8) is 0 Å². The first-order valence-corrected chi connectivity index (χ1v) is 11.8. The monoisotopic (exact) mass is 487 g/mol. The number of halogens is 2. The first kappa shape index (κ1) is 25.0. The number of likely N-dealkylation sites (tertiary alicyclic amines) is 1. The maximum Gasteiger partial charge on any atom is 0.250 e. The SMILES string of the molecule is COc1cc(OC)c2c(=O)cc(-c3cc(C)c(OCCCN4CCC(F)(F)CC4)c(C)c3)oc2c1. The number of aryl methyl sites for hydroxylation is 2. The third-order valence-electron chi connectivity index (χ3n) is 6.42. The van der Waals surface area contributed by atoms with Crippen molar-refractivity contribution in [1.82, 2.24) is 4.90 Å². The number of fused-ring (bicyclic) bond motifs is 1. The van der Waals surface area contributed by atoms with E-state index in [0.29, 0.717) is 47.9 Å². The van der Waals surface area contributed by atoms with Crippen LogP contribution in [0.15, 0.2) is 39.5 Å². The highest BCUT2D eigenvalue weighted by Crippen LogP contribution is 2.34. The number of benzene rings is 2. The minimum Gasteiger partial charge on any atom is -0.496 e. The maximum absolute atomic E-state index is 13.3. The van der Waals surface area contributed by atoms with Gasteiger partial charge in [0.25, 0.3) is 5.92 Å². The fourth-order valence-corrected chi connectivity index (χ4v) is 4.54. The zero-order chi connectivity index (χ0) is 25.2. The molecule has 8 heteroatoms. The molecule has 0 aliphatic carbocycles. The third kappa shape index (κ3) is 5.59. The molecule has 0 radical (unpaired) electrons. The second kappa shape index (κ2) is 10.2. The van der Waals surface area contributed by atoms with Gasteiger partial charge < -0.3 is 23.5 Å². The van der Waals surface area contributed by atoms with Crippen molar-refractivity contribution in [1.29, 1.82) is 0 Å². The number of alkyl halides is 2. The summed E-state index contributed by atoms with van der Waals surface area (Å²) in [6.45, 7) is 5.98. The van der Waals surface area contributed by atoms with Crippen LogP contribution >= 0.6 is 0 Å². The Hall–Kier alpha value is -3.13. The van der Waals surface area contributed by atoms with Crippen molar-refractivity contribution >= 4 is 11.0 Å². The number of nitrogens with zero attached hydrogens (tertiary/aromatic N) is 1. The summed E-state index contributed by atoms with van der Waals surface area (Å²) < 4.78 is 49.4.